The zero-order valence-corrected chi connectivity index (χ0v) is 7.83. The monoisotopic (exact) mass is 183 g/mol. The minimum Gasteiger partial charge on any atom is -0.337 e. The normalized spacial score (nSPS) is 33.2. The number of carbonyl (C=O) groups is 1. The lowest BCUT2D eigenvalue weighted by Crippen LogP contribution is -2.49. The van der Waals surface area contributed by atoms with Crippen molar-refractivity contribution in [2.24, 2.45) is 11.7 Å². The van der Waals surface area contributed by atoms with Crippen molar-refractivity contribution < 1.29 is 4.79 Å². The maximum absolute atomic E-state index is 11.4. The number of nitrogens with two attached hydrogens (primary N) is 1. The standard InChI is InChI=1S/C9H17N3O/c10-5-9(13)12-4-2-7-1-3-11-6-8(7)12/h7-8,11H,1-6,10H2. The van der Waals surface area contributed by atoms with Gasteiger partial charge in [-0.2, -0.15) is 0 Å². The van der Waals surface area contributed by atoms with Crippen LogP contribution in [0.4, 0.5) is 0 Å². The summed E-state index contributed by atoms with van der Waals surface area (Å²) in [6.45, 7) is 3.12. The van der Waals surface area contributed by atoms with Crippen molar-refractivity contribution in [1.29, 1.82) is 0 Å². The van der Waals surface area contributed by atoms with Gasteiger partial charge in [-0.25, -0.2) is 0 Å². The molecule has 2 atom stereocenters. The van der Waals surface area contributed by atoms with Gasteiger partial charge in [-0.1, -0.05) is 0 Å². The highest BCUT2D eigenvalue weighted by Crippen LogP contribution is 2.28. The van der Waals surface area contributed by atoms with Crippen LogP contribution in [0.5, 0.6) is 0 Å². The quantitative estimate of drug-likeness (QED) is 0.557. The lowest BCUT2D eigenvalue weighted by Gasteiger charge is -2.31. The van der Waals surface area contributed by atoms with E-state index in [1.54, 1.807) is 0 Å². The first-order chi connectivity index (χ1) is 6.33. The summed E-state index contributed by atoms with van der Waals surface area (Å²) in [6, 6.07) is 0.421. The summed E-state index contributed by atoms with van der Waals surface area (Å²) in [4.78, 5) is 13.4. The first kappa shape index (κ1) is 8.97. The van der Waals surface area contributed by atoms with Crippen molar-refractivity contribution in [3.63, 3.8) is 0 Å². The first-order valence-corrected chi connectivity index (χ1v) is 5.03. The van der Waals surface area contributed by atoms with Gasteiger partial charge >= 0.3 is 0 Å². The summed E-state index contributed by atoms with van der Waals surface area (Å²) in [5, 5.41) is 3.33. The molecule has 2 rings (SSSR count). The molecule has 2 aliphatic heterocycles. The number of piperidine rings is 1. The van der Waals surface area contributed by atoms with Gasteiger partial charge in [-0.05, 0) is 25.3 Å². The number of nitrogens with one attached hydrogen (secondary N) is 1. The van der Waals surface area contributed by atoms with E-state index < -0.39 is 0 Å². The molecule has 0 aromatic heterocycles. The van der Waals surface area contributed by atoms with E-state index in [2.05, 4.69) is 5.32 Å². The van der Waals surface area contributed by atoms with Crippen molar-refractivity contribution in [2.75, 3.05) is 26.2 Å². The second-order valence-corrected chi connectivity index (χ2v) is 3.90. The molecule has 2 saturated heterocycles. The number of rotatable bonds is 1. The molecular formula is C9H17N3O. The van der Waals surface area contributed by atoms with Crippen LogP contribution in [0.2, 0.25) is 0 Å². The van der Waals surface area contributed by atoms with E-state index in [1.165, 1.54) is 6.42 Å². The Hall–Kier alpha value is -0.610. The molecule has 1 amide bonds. The number of nitrogens with zero attached hydrogens (tertiary/aromatic N) is 1. The number of hydrogen-bond acceptors (Lipinski definition) is 3. The summed E-state index contributed by atoms with van der Waals surface area (Å²) in [6.07, 6.45) is 2.37. The fraction of sp³-hybridized carbons (Fsp3) is 0.889. The molecule has 0 bridgehead atoms. The Kier molecular flexibility index (Phi) is 2.51. The van der Waals surface area contributed by atoms with Gasteiger partial charge in [-0.15, -0.1) is 0 Å². The summed E-state index contributed by atoms with van der Waals surface area (Å²) in [5.74, 6) is 0.827. The minimum atomic E-state index is 0.108. The third-order valence-electron chi connectivity index (χ3n) is 3.23. The fourth-order valence-electron chi connectivity index (χ4n) is 2.50. The summed E-state index contributed by atoms with van der Waals surface area (Å²) < 4.78 is 0. The zero-order valence-electron chi connectivity index (χ0n) is 7.83. The molecule has 2 unspecified atom stereocenters. The zero-order chi connectivity index (χ0) is 9.26. The lowest BCUT2D eigenvalue weighted by molar-refractivity contribution is -0.130. The molecule has 2 fully saturated rings. The molecule has 2 aliphatic rings. The Labute approximate surface area is 78.5 Å². The Morgan fingerprint density at radius 1 is 1.54 bits per heavy atom. The van der Waals surface area contributed by atoms with Gasteiger partial charge in [0.1, 0.15) is 0 Å². The van der Waals surface area contributed by atoms with Crippen LogP contribution in [0.25, 0.3) is 0 Å². The SMILES string of the molecule is NCC(=O)N1CCC2CCNCC21. The van der Waals surface area contributed by atoms with E-state index in [0.29, 0.717) is 6.04 Å². The van der Waals surface area contributed by atoms with Gasteiger partial charge in [0.15, 0.2) is 0 Å². The van der Waals surface area contributed by atoms with E-state index >= 15 is 0 Å². The second-order valence-electron chi connectivity index (χ2n) is 3.90. The van der Waals surface area contributed by atoms with Crippen LogP contribution in [-0.2, 0) is 4.79 Å². The molecule has 3 N–H and O–H groups in total. The Morgan fingerprint density at radius 3 is 3.15 bits per heavy atom. The topological polar surface area (TPSA) is 58.4 Å². The molecule has 0 spiro atoms. The highest BCUT2D eigenvalue weighted by atomic mass is 16.2. The summed E-state index contributed by atoms with van der Waals surface area (Å²) >= 11 is 0. The smallest absolute Gasteiger partial charge is 0.236 e. The van der Waals surface area contributed by atoms with E-state index in [0.717, 1.165) is 32.0 Å². The predicted molar refractivity (Wildman–Crippen MR) is 50.1 cm³/mol. The van der Waals surface area contributed by atoms with Gasteiger partial charge in [-0.3, -0.25) is 4.79 Å². The van der Waals surface area contributed by atoms with E-state index in [1.807, 2.05) is 4.90 Å². The molecule has 4 nitrogen and oxygen atoms in total. The molecule has 2 heterocycles. The van der Waals surface area contributed by atoms with Crippen LogP contribution in [0.1, 0.15) is 12.8 Å². The van der Waals surface area contributed by atoms with Crippen LogP contribution < -0.4 is 11.1 Å². The Bertz CT molecular complexity index is 207. The maximum atomic E-state index is 11.4. The van der Waals surface area contributed by atoms with Crippen LogP contribution in [0.3, 0.4) is 0 Å². The van der Waals surface area contributed by atoms with Crippen LogP contribution in [0, 0.1) is 5.92 Å². The fourth-order valence-corrected chi connectivity index (χ4v) is 2.50. The number of fused-ring (bicyclic) bond motifs is 1. The highest BCUT2D eigenvalue weighted by Gasteiger charge is 2.37. The van der Waals surface area contributed by atoms with Crippen molar-refractivity contribution in [3.8, 4) is 0 Å². The van der Waals surface area contributed by atoms with Gasteiger partial charge in [0, 0.05) is 19.1 Å². The van der Waals surface area contributed by atoms with E-state index in [4.69, 9.17) is 5.73 Å². The minimum absolute atomic E-state index is 0.108. The second kappa shape index (κ2) is 3.64. The molecule has 0 aromatic carbocycles. The number of amides is 1. The van der Waals surface area contributed by atoms with Crippen molar-refractivity contribution in [2.45, 2.75) is 18.9 Å². The first-order valence-electron chi connectivity index (χ1n) is 5.03. The van der Waals surface area contributed by atoms with Crippen molar-refractivity contribution in [1.82, 2.24) is 10.2 Å². The molecule has 74 valence electrons. The number of likely N-dealkylation sites (tertiary alicyclic amines) is 1. The largest absolute Gasteiger partial charge is 0.337 e. The predicted octanol–water partition coefficient (Wildman–Crippen LogP) is -0.844. The lowest BCUT2D eigenvalue weighted by atomic mass is 9.93. The molecule has 0 saturated carbocycles. The molecule has 0 radical (unpaired) electrons. The van der Waals surface area contributed by atoms with Gasteiger partial charge in [0.2, 0.25) is 5.91 Å². The van der Waals surface area contributed by atoms with E-state index in [9.17, 15) is 4.79 Å². The van der Waals surface area contributed by atoms with E-state index in [-0.39, 0.29) is 12.5 Å². The number of carbonyl (C=O) groups excluding carboxylic acids is 1. The third kappa shape index (κ3) is 1.56. The number of hydrogen-bond donors (Lipinski definition) is 2. The van der Waals surface area contributed by atoms with Crippen molar-refractivity contribution >= 4 is 5.91 Å². The Balaban J connectivity index is 2.02. The third-order valence-corrected chi connectivity index (χ3v) is 3.23. The molecule has 4 heteroatoms. The molecular weight excluding hydrogens is 166 g/mol. The summed E-state index contributed by atoms with van der Waals surface area (Å²) in [7, 11) is 0. The Morgan fingerprint density at radius 2 is 2.38 bits per heavy atom. The molecule has 0 aliphatic carbocycles. The van der Waals surface area contributed by atoms with Crippen LogP contribution in [-0.4, -0.2) is 43.0 Å². The molecule has 13 heavy (non-hydrogen) atoms. The van der Waals surface area contributed by atoms with Gasteiger partial charge in [0.05, 0.1) is 6.54 Å². The van der Waals surface area contributed by atoms with Gasteiger partial charge < -0.3 is 16.0 Å². The summed E-state index contributed by atoms with van der Waals surface area (Å²) in [5.41, 5.74) is 5.36. The van der Waals surface area contributed by atoms with Gasteiger partial charge in [0.25, 0.3) is 0 Å². The van der Waals surface area contributed by atoms with Crippen molar-refractivity contribution in [3.05, 3.63) is 0 Å². The van der Waals surface area contributed by atoms with Crippen LogP contribution in [0.15, 0.2) is 0 Å². The molecule has 0 aromatic rings. The maximum Gasteiger partial charge on any atom is 0.236 e. The average molecular weight is 183 g/mol. The average Bonchev–Trinajstić information content (AvgIpc) is 2.60. The van der Waals surface area contributed by atoms with Crippen LogP contribution >= 0.6 is 0 Å². The highest BCUT2D eigenvalue weighted by molar-refractivity contribution is 5.78.